The molecule has 3 rings (SSSR count). The van der Waals surface area contributed by atoms with Gasteiger partial charge in [0.05, 0.1) is 46.1 Å². The van der Waals surface area contributed by atoms with Crippen LogP contribution >= 0.6 is 0 Å². The van der Waals surface area contributed by atoms with Crippen LogP contribution in [0.2, 0.25) is 0 Å². The highest BCUT2D eigenvalue weighted by Crippen LogP contribution is 2.27. The Morgan fingerprint density at radius 2 is 1.70 bits per heavy atom. The van der Waals surface area contributed by atoms with Crippen LogP contribution in [-0.2, 0) is 4.79 Å². The van der Waals surface area contributed by atoms with E-state index in [0.29, 0.717) is 0 Å². The molecule has 0 aliphatic carbocycles. The van der Waals surface area contributed by atoms with E-state index in [1.165, 1.54) is 4.90 Å². The van der Waals surface area contributed by atoms with Gasteiger partial charge in [0.1, 0.15) is 11.5 Å². The number of nitrogens with one attached hydrogen (secondary N) is 2. The first kappa shape index (κ1) is 19.0. The molecule has 0 bridgehead atoms. The number of piperazine rings is 1. The lowest BCUT2D eigenvalue weighted by atomic mass is 10.2. The number of para-hydroxylation sites is 2. The van der Waals surface area contributed by atoms with Gasteiger partial charge in [-0.3, -0.25) is 4.79 Å². The number of benzene rings is 2. The summed E-state index contributed by atoms with van der Waals surface area (Å²) in [6.07, 6.45) is 0. The standard InChI is InChI=1S/C21H27N3O3/c1-16(21(25)22-17-8-10-18(26-2)11-9-17)23-12-14-24(15-13-23)19-6-4-5-7-20(19)27-3/h4-11,16H,12-15H2,1-3H3,(H,22,25)/p+1/t16-/m1/s1. The van der Waals surface area contributed by atoms with Crippen LogP contribution in [0.5, 0.6) is 11.5 Å². The van der Waals surface area contributed by atoms with E-state index < -0.39 is 0 Å². The highest BCUT2D eigenvalue weighted by Gasteiger charge is 2.30. The van der Waals surface area contributed by atoms with Gasteiger partial charge in [0.2, 0.25) is 0 Å². The smallest absolute Gasteiger partial charge is 0.282 e. The lowest BCUT2D eigenvalue weighted by Gasteiger charge is -2.36. The van der Waals surface area contributed by atoms with Gasteiger partial charge in [0, 0.05) is 5.69 Å². The third-order valence-electron chi connectivity index (χ3n) is 5.19. The van der Waals surface area contributed by atoms with Crippen molar-refractivity contribution in [2.45, 2.75) is 13.0 Å². The maximum Gasteiger partial charge on any atom is 0.282 e. The first-order valence-corrected chi connectivity index (χ1v) is 9.30. The Morgan fingerprint density at radius 3 is 2.33 bits per heavy atom. The molecule has 0 aromatic heterocycles. The Kier molecular flexibility index (Phi) is 6.19. The summed E-state index contributed by atoms with van der Waals surface area (Å²) in [7, 11) is 3.33. The van der Waals surface area contributed by atoms with Crippen LogP contribution in [0.15, 0.2) is 48.5 Å². The van der Waals surface area contributed by atoms with Crippen LogP contribution < -0.4 is 24.6 Å². The lowest BCUT2D eigenvalue weighted by Crippen LogP contribution is -3.19. The molecule has 6 nitrogen and oxygen atoms in total. The third-order valence-corrected chi connectivity index (χ3v) is 5.19. The van der Waals surface area contributed by atoms with E-state index in [2.05, 4.69) is 16.3 Å². The fourth-order valence-electron chi connectivity index (χ4n) is 3.47. The zero-order chi connectivity index (χ0) is 19.2. The molecule has 27 heavy (non-hydrogen) atoms. The van der Waals surface area contributed by atoms with Gasteiger partial charge in [-0.25, -0.2) is 0 Å². The van der Waals surface area contributed by atoms with Crippen molar-refractivity contribution in [3.63, 3.8) is 0 Å². The zero-order valence-corrected chi connectivity index (χ0v) is 16.2. The Labute approximate surface area is 160 Å². The van der Waals surface area contributed by atoms with E-state index in [0.717, 1.165) is 49.1 Å². The van der Waals surface area contributed by atoms with Crippen LogP contribution in [0.25, 0.3) is 0 Å². The Morgan fingerprint density at radius 1 is 1.04 bits per heavy atom. The second kappa shape index (κ2) is 8.77. The number of anilines is 2. The number of rotatable bonds is 6. The number of methoxy groups -OCH3 is 2. The minimum absolute atomic E-state index is 0.0425. The topological polar surface area (TPSA) is 55.2 Å². The third kappa shape index (κ3) is 4.52. The summed E-state index contributed by atoms with van der Waals surface area (Å²) in [4.78, 5) is 16.2. The summed E-state index contributed by atoms with van der Waals surface area (Å²) in [5.74, 6) is 1.71. The van der Waals surface area contributed by atoms with Crippen molar-refractivity contribution < 1.29 is 19.2 Å². The molecular weight excluding hydrogens is 342 g/mol. The maximum absolute atomic E-state index is 12.6. The molecule has 2 N–H and O–H groups in total. The molecule has 0 spiro atoms. The number of carbonyl (C=O) groups excluding carboxylic acids is 1. The quantitative estimate of drug-likeness (QED) is 0.808. The molecule has 1 fully saturated rings. The molecule has 144 valence electrons. The fraction of sp³-hybridized carbons (Fsp3) is 0.381. The molecule has 1 heterocycles. The fourth-order valence-corrected chi connectivity index (χ4v) is 3.47. The average Bonchev–Trinajstić information content (AvgIpc) is 2.73. The van der Waals surface area contributed by atoms with Gasteiger partial charge < -0.3 is 24.6 Å². The number of nitrogens with zero attached hydrogens (tertiary/aromatic N) is 1. The zero-order valence-electron chi connectivity index (χ0n) is 16.2. The Balaban J connectivity index is 1.55. The Hall–Kier alpha value is -2.73. The highest BCUT2D eigenvalue weighted by molar-refractivity contribution is 5.93. The average molecular weight is 370 g/mol. The van der Waals surface area contributed by atoms with Gasteiger partial charge >= 0.3 is 0 Å². The van der Waals surface area contributed by atoms with Crippen molar-refractivity contribution in [2.24, 2.45) is 0 Å². The SMILES string of the molecule is COc1ccc(NC(=O)[C@@H](C)[NH+]2CCN(c3ccccc3OC)CC2)cc1. The summed E-state index contributed by atoms with van der Waals surface area (Å²) < 4.78 is 10.6. The van der Waals surface area contributed by atoms with E-state index >= 15 is 0 Å². The van der Waals surface area contributed by atoms with Gasteiger partial charge in [-0.1, -0.05) is 12.1 Å². The van der Waals surface area contributed by atoms with Crippen molar-refractivity contribution in [2.75, 3.05) is 50.6 Å². The van der Waals surface area contributed by atoms with E-state index in [-0.39, 0.29) is 11.9 Å². The second-order valence-corrected chi connectivity index (χ2v) is 6.76. The van der Waals surface area contributed by atoms with Crippen LogP contribution in [0.4, 0.5) is 11.4 Å². The molecule has 2 aromatic rings. The number of quaternary nitrogens is 1. The molecule has 1 aliphatic heterocycles. The number of hydrogen-bond acceptors (Lipinski definition) is 4. The van der Waals surface area contributed by atoms with Crippen LogP contribution in [0.1, 0.15) is 6.92 Å². The predicted octanol–water partition coefficient (Wildman–Crippen LogP) is 1.44. The van der Waals surface area contributed by atoms with Crippen molar-refractivity contribution in [3.05, 3.63) is 48.5 Å². The molecule has 0 radical (unpaired) electrons. The molecule has 6 heteroatoms. The number of amides is 1. The monoisotopic (exact) mass is 370 g/mol. The Bertz CT molecular complexity index is 756. The van der Waals surface area contributed by atoms with E-state index in [4.69, 9.17) is 9.47 Å². The minimum atomic E-state index is -0.105. The van der Waals surface area contributed by atoms with Crippen molar-refractivity contribution in [1.29, 1.82) is 0 Å². The number of ether oxygens (including phenoxy) is 2. The molecule has 2 aromatic carbocycles. The summed E-state index contributed by atoms with van der Waals surface area (Å²) in [6.45, 7) is 5.61. The molecular formula is C21H28N3O3+. The van der Waals surface area contributed by atoms with Crippen LogP contribution in [0.3, 0.4) is 0 Å². The van der Waals surface area contributed by atoms with Crippen LogP contribution in [-0.4, -0.2) is 52.3 Å². The predicted molar refractivity (Wildman–Crippen MR) is 107 cm³/mol. The van der Waals surface area contributed by atoms with E-state index in [1.54, 1.807) is 14.2 Å². The minimum Gasteiger partial charge on any atom is -0.497 e. The molecule has 1 aliphatic rings. The summed E-state index contributed by atoms with van der Waals surface area (Å²) in [5.41, 5.74) is 1.91. The second-order valence-electron chi connectivity index (χ2n) is 6.76. The van der Waals surface area contributed by atoms with Crippen molar-refractivity contribution in [3.8, 4) is 11.5 Å². The van der Waals surface area contributed by atoms with Crippen molar-refractivity contribution >= 4 is 17.3 Å². The molecule has 1 saturated heterocycles. The summed E-state index contributed by atoms with van der Waals surface area (Å²) >= 11 is 0. The molecule has 0 unspecified atom stereocenters. The van der Waals surface area contributed by atoms with Gasteiger partial charge in [-0.05, 0) is 43.3 Å². The van der Waals surface area contributed by atoms with Gasteiger partial charge in [0.25, 0.3) is 5.91 Å². The highest BCUT2D eigenvalue weighted by atomic mass is 16.5. The van der Waals surface area contributed by atoms with Crippen LogP contribution in [0, 0.1) is 0 Å². The summed E-state index contributed by atoms with van der Waals surface area (Å²) in [6, 6.07) is 15.4. The largest absolute Gasteiger partial charge is 0.497 e. The lowest BCUT2D eigenvalue weighted by molar-refractivity contribution is -0.914. The van der Waals surface area contributed by atoms with Crippen molar-refractivity contribution in [1.82, 2.24) is 0 Å². The normalized spacial score (nSPS) is 15.9. The number of carbonyl (C=O) groups is 1. The van der Waals surface area contributed by atoms with E-state index in [1.807, 2.05) is 49.4 Å². The van der Waals surface area contributed by atoms with Gasteiger partial charge in [-0.2, -0.15) is 0 Å². The molecule has 1 amide bonds. The molecule has 0 saturated carbocycles. The van der Waals surface area contributed by atoms with Gasteiger partial charge in [-0.15, -0.1) is 0 Å². The first-order chi connectivity index (χ1) is 13.1. The van der Waals surface area contributed by atoms with Gasteiger partial charge in [0.15, 0.2) is 6.04 Å². The summed E-state index contributed by atoms with van der Waals surface area (Å²) in [5, 5.41) is 3.00. The van der Waals surface area contributed by atoms with E-state index in [9.17, 15) is 4.79 Å². The number of hydrogen-bond donors (Lipinski definition) is 2. The maximum atomic E-state index is 12.6. The molecule has 1 atom stereocenters. The first-order valence-electron chi connectivity index (χ1n) is 9.30.